The van der Waals surface area contributed by atoms with Crippen LogP contribution in [0.3, 0.4) is 0 Å². The van der Waals surface area contributed by atoms with E-state index in [0.29, 0.717) is 15.2 Å². The van der Waals surface area contributed by atoms with Crippen LogP contribution in [0.2, 0.25) is 10.0 Å². The molecule has 0 saturated carbocycles. The largest absolute Gasteiger partial charge is 0.497 e. The lowest BCUT2D eigenvalue weighted by Gasteiger charge is -2.01. The van der Waals surface area contributed by atoms with E-state index < -0.39 is 0 Å². The number of benzene rings is 2. The van der Waals surface area contributed by atoms with E-state index in [0.717, 1.165) is 27.4 Å². The molecule has 0 fully saturated rings. The van der Waals surface area contributed by atoms with Gasteiger partial charge in [-0.25, -0.2) is 9.98 Å². The Bertz CT molecular complexity index is 889. The first kappa shape index (κ1) is 17.0. The highest BCUT2D eigenvalue weighted by Gasteiger charge is 2.09. The van der Waals surface area contributed by atoms with Crippen molar-refractivity contribution in [1.82, 2.24) is 4.98 Å². The first-order valence-electron chi connectivity index (χ1n) is 7.18. The quantitative estimate of drug-likeness (QED) is 0.509. The maximum absolute atomic E-state index is 6.15. The molecule has 1 aromatic heterocycles. The van der Waals surface area contributed by atoms with E-state index >= 15 is 0 Å². The molecule has 2 aromatic carbocycles. The zero-order valence-corrected chi connectivity index (χ0v) is 15.4. The first-order valence-corrected chi connectivity index (χ1v) is 8.75. The van der Waals surface area contributed by atoms with Gasteiger partial charge in [0.15, 0.2) is 0 Å². The molecular formula is C18H14Cl2N2OS. The molecule has 0 amide bonds. The number of hydrogen-bond acceptors (Lipinski definition) is 4. The fraction of sp³-hybridized carbons (Fsp3) is 0.111. The fourth-order valence-corrected chi connectivity index (χ4v) is 3.42. The van der Waals surface area contributed by atoms with E-state index in [1.165, 1.54) is 11.3 Å². The zero-order chi connectivity index (χ0) is 17.1. The van der Waals surface area contributed by atoms with Crippen LogP contribution in [-0.4, -0.2) is 18.3 Å². The van der Waals surface area contributed by atoms with Gasteiger partial charge in [0.05, 0.1) is 17.8 Å². The van der Waals surface area contributed by atoms with Crippen molar-refractivity contribution in [3.63, 3.8) is 0 Å². The third-order valence-corrected chi connectivity index (χ3v) is 4.87. The monoisotopic (exact) mass is 376 g/mol. The number of aryl methyl sites for hydroxylation is 1. The molecule has 6 heteroatoms. The molecule has 0 bridgehead atoms. The number of halogens is 2. The van der Waals surface area contributed by atoms with Crippen molar-refractivity contribution < 1.29 is 4.74 Å². The Morgan fingerprint density at radius 2 is 1.88 bits per heavy atom. The van der Waals surface area contributed by atoms with Crippen LogP contribution >= 0.6 is 34.5 Å². The minimum absolute atomic E-state index is 0.565. The molecule has 1 heterocycles. The molecule has 0 N–H and O–H groups in total. The summed E-state index contributed by atoms with van der Waals surface area (Å²) in [4.78, 5) is 10.2. The van der Waals surface area contributed by atoms with Gasteiger partial charge in [-0.1, -0.05) is 40.6 Å². The smallest absolute Gasteiger partial charge is 0.209 e. The number of aromatic nitrogens is 1. The van der Waals surface area contributed by atoms with Crippen molar-refractivity contribution >= 4 is 45.9 Å². The summed E-state index contributed by atoms with van der Waals surface area (Å²) >= 11 is 13.6. The van der Waals surface area contributed by atoms with E-state index in [4.69, 9.17) is 27.9 Å². The number of hydrogen-bond donors (Lipinski definition) is 0. The molecule has 0 aliphatic rings. The van der Waals surface area contributed by atoms with Gasteiger partial charge in [0.1, 0.15) is 5.75 Å². The van der Waals surface area contributed by atoms with Gasteiger partial charge in [0.2, 0.25) is 5.13 Å². The van der Waals surface area contributed by atoms with Gasteiger partial charge in [-0.15, -0.1) is 0 Å². The van der Waals surface area contributed by atoms with Crippen LogP contribution < -0.4 is 4.74 Å². The molecule has 0 aliphatic carbocycles. The van der Waals surface area contributed by atoms with Crippen molar-refractivity contribution in [2.24, 2.45) is 4.99 Å². The highest BCUT2D eigenvalue weighted by molar-refractivity contribution is 7.15. The predicted octanol–water partition coefficient (Wildman–Crippen LogP) is 6.18. The van der Waals surface area contributed by atoms with E-state index in [9.17, 15) is 0 Å². The second kappa shape index (κ2) is 7.34. The van der Waals surface area contributed by atoms with Crippen LogP contribution in [0.25, 0.3) is 11.3 Å². The SMILES string of the molecule is COc1ccc(-c2nc(/N=C/c3ccc(Cl)cc3Cl)sc2C)cc1. The summed E-state index contributed by atoms with van der Waals surface area (Å²) in [6.45, 7) is 2.03. The average molecular weight is 377 g/mol. The highest BCUT2D eigenvalue weighted by Crippen LogP contribution is 2.33. The molecule has 0 saturated heterocycles. The van der Waals surface area contributed by atoms with E-state index in [1.54, 1.807) is 25.5 Å². The summed E-state index contributed by atoms with van der Waals surface area (Å²) in [6, 6.07) is 13.1. The van der Waals surface area contributed by atoms with Crippen LogP contribution in [0, 0.1) is 6.92 Å². The summed E-state index contributed by atoms with van der Waals surface area (Å²) in [5.41, 5.74) is 2.77. The second-order valence-electron chi connectivity index (χ2n) is 5.05. The molecule has 0 aliphatic heterocycles. The zero-order valence-electron chi connectivity index (χ0n) is 13.1. The summed E-state index contributed by atoms with van der Waals surface area (Å²) in [7, 11) is 1.65. The maximum atomic E-state index is 6.15. The summed E-state index contributed by atoms with van der Waals surface area (Å²) in [5, 5.41) is 1.85. The number of aliphatic imine (C=N–C) groups is 1. The average Bonchev–Trinajstić information content (AvgIpc) is 2.95. The number of rotatable bonds is 4. The third-order valence-electron chi connectivity index (χ3n) is 3.43. The van der Waals surface area contributed by atoms with Crippen molar-refractivity contribution in [2.75, 3.05) is 7.11 Å². The molecule has 0 unspecified atom stereocenters. The van der Waals surface area contributed by atoms with Gasteiger partial charge in [0.25, 0.3) is 0 Å². The van der Waals surface area contributed by atoms with Crippen LogP contribution in [0.4, 0.5) is 5.13 Å². The molecule has 3 aromatic rings. The van der Waals surface area contributed by atoms with E-state index in [-0.39, 0.29) is 0 Å². The van der Waals surface area contributed by atoms with Gasteiger partial charge in [-0.2, -0.15) is 0 Å². The maximum Gasteiger partial charge on any atom is 0.209 e. The molecule has 0 atom stereocenters. The van der Waals surface area contributed by atoms with Crippen LogP contribution in [0.5, 0.6) is 5.75 Å². The minimum atomic E-state index is 0.565. The predicted molar refractivity (Wildman–Crippen MR) is 103 cm³/mol. The van der Waals surface area contributed by atoms with Gasteiger partial charge in [-0.3, -0.25) is 0 Å². The van der Waals surface area contributed by atoms with Crippen LogP contribution in [0.15, 0.2) is 47.5 Å². The molecule has 0 spiro atoms. The fourth-order valence-electron chi connectivity index (χ4n) is 2.19. The Morgan fingerprint density at radius 3 is 2.54 bits per heavy atom. The number of nitrogens with zero attached hydrogens (tertiary/aromatic N) is 2. The van der Waals surface area contributed by atoms with Crippen molar-refractivity contribution in [2.45, 2.75) is 6.92 Å². The van der Waals surface area contributed by atoms with Crippen molar-refractivity contribution in [3.05, 3.63) is 63.0 Å². The normalized spacial score (nSPS) is 11.2. The molecule has 3 nitrogen and oxygen atoms in total. The number of methoxy groups -OCH3 is 1. The Labute approximate surface area is 154 Å². The van der Waals surface area contributed by atoms with E-state index in [2.05, 4.69) is 9.98 Å². The van der Waals surface area contributed by atoms with Gasteiger partial charge in [-0.05, 0) is 43.3 Å². The van der Waals surface area contributed by atoms with Crippen molar-refractivity contribution in [3.8, 4) is 17.0 Å². The lowest BCUT2D eigenvalue weighted by Crippen LogP contribution is -1.84. The second-order valence-corrected chi connectivity index (χ2v) is 7.08. The Balaban J connectivity index is 1.86. The van der Waals surface area contributed by atoms with Gasteiger partial charge >= 0.3 is 0 Å². The van der Waals surface area contributed by atoms with Crippen molar-refractivity contribution in [1.29, 1.82) is 0 Å². The Kier molecular flexibility index (Phi) is 5.19. The number of thiazole rings is 1. The van der Waals surface area contributed by atoms with Crippen LogP contribution in [-0.2, 0) is 0 Å². The summed E-state index contributed by atoms with van der Waals surface area (Å²) in [6.07, 6.45) is 1.70. The van der Waals surface area contributed by atoms with Gasteiger partial charge in [0, 0.05) is 27.2 Å². The summed E-state index contributed by atoms with van der Waals surface area (Å²) in [5.74, 6) is 0.822. The lowest BCUT2D eigenvalue weighted by molar-refractivity contribution is 0.415. The molecule has 0 radical (unpaired) electrons. The summed E-state index contributed by atoms with van der Waals surface area (Å²) < 4.78 is 5.18. The third kappa shape index (κ3) is 3.78. The van der Waals surface area contributed by atoms with Crippen LogP contribution in [0.1, 0.15) is 10.4 Å². The minimum Gasteiger partial charge on any atom is -0.497 e. The molecular weight excluding hydrogens is 363 g/mol. The first-order chi connectivity index (χ1) is 11.6. The standard InChI is InChI=1S/C18H14Cl2N2OS/c1-11-17(12-4-7-15(23-2)8-5-12)22-18(24-11)21-10-13-3-6-14(19)9-16(13)20/h3-10H,1-2H3/b21-10+. The lowest BCUT2D eigenvalue weighted by atomic mass is 10.1. The molecule has 122 valence electrons. The Hall–Kier alpha value is -1.88. The molecule has 3 rings (SSSR count). The number of ether oxygens (including phenoxy) is 1. The van der Waals surface area contributed by atoms with Gasteiger partial charge < -0.3 is 4.74 Å². The van der Waals surface area contributed by atoms with E-state index in [1.807, 2.05) is 37.3 Å². The topological polar surface area (TPSA) is 34.5 Å². The highest BCUT2D eigenvalue weighted by atomic mass is 35.5. The Morgan fingerprint density at radius 1 is 1.12 bits per heavy atom. The molecule has 24 heavy (non-hydrogen) atoms.